The molecule has 9 heteroatoms. The molecule has 7 nitrogen and oxygen atoms in total. The van der Waals surface area contributed by atoms with Gasteiger partial charge in [-0.2, -0.15) is 4.98 Å². The molecule has 1 aromatic heterocycles. The van der Waals surface area contributed by atoms with Crippen LogP contribution in [0.3, 0.4) is 0 Å². The molecule has 162 valence electrons. The first-order valence-electron chi connectivity index (χ1n) is 9.90. The predicted octanol–water partition coefficient (Wildman–Crippen LogP) is 4.85. The Labute approximate surface area is 183 Å². The topological polar surface area (TPSA) is 77.7 Å². The summed E-state index contributed by atoms with van der Waals surface area (Å²) in [5.41, 5.74) is 1.03. The van der Waals surface area contributed by atoms with Crippen LogP contribution in [0.4, 0.5) is 10.1 Å². The molecule has 1 amide bonds. The molecule has 0 bridgehead atoms. The normalized spacial score (nSPS) is 16.1. The van der Waals surface area contributed by atoms with E-state index < -0.39 is 5.82 Å². The van der Waals surface area contributed by atoms with Crippen LogP contribution in [0.25, 0.3) is 11.4 Å². The Kier molecular flexibility index (Phi) is 6.08. The lowest BCUT2D eigenvalue weighted by atomic mass is 10.1. The number of halogens is 2. The molecule has 4 rings (SSSR count). The van der Waals surface area contributed by atoms with E-state index in [4.69, 9.17) is 25.6 Å². The van der Waals surface area contributed by atoms with Crippen LogP contribution in [0.5, 0.6) is 11.5 Å². The van der Waals surface area contributed by atoms with Crippen LogP contribution in [0.15, 0.2) is 40.9 Å². The highest BCUT2D eigenvalue weighted by Crippen LogP contribution is 2.36. The third-order valence-corrected chi connectivity index (χ3v) is 5.32. The summed E-state index contributed by atoms with van der Waals surface area (Å²) in [6.07, 6.45) is 1.05. The van der Waals surface area contributed by atoms with E-state index in [1.54, 1.807) is 19.2 Å². The molecule has 0 saturated carbocycles. The van der Waals surface area contributed by atoms with Crippen LogP contribution in [0.1, 0.15) is 31.6 Å². The monoisotopic (exact) mass is 445 g/mol. The zero-order valence-electron chi connectivity index (χ0n) is 17.1. The Bertz CT molecular complexity index is 1100. The first-order chi connectivity index (χ1) is 15.0. The summed E-state index contributed by atoms with van der Waals surface area (Å²) in [7, 11) is 1.57. The molecule has 0 radical (unpaired) electrons. The van der Waals surface area contributed by atoms with Gasteiger partial charge in [0.25, 0.3) is 0 Å². The van der Waals surface area contributed by atoms with Crippen molar-refractivity contribution in [2.45, 2.75) is 25.7 Å². The van der Waals surface area contributed by atoms with Gasteiger partial charge in [0.1, 0.15) is 5.82 Å². The Morgan fingerprint density at radius 1 is 1.26 bits per heavy atom. The minimum absolute atomic E-state index is 0.168. The third-order valence-electron chi connectivity index (χ3n) is 5.00. The second kappa shape index (κ2) is 8.93. The lowest BCUT2D eigenvalue weighted by Crippen LogP contribution is -2.24. The molecule has 1 unspecified atom stereocenters. The van der Waals surface area contributed by atoms with Gasteiger partial charge in [0.15, 0.2) is 11.5 Å². The van der Waals surface area contributed by atoms with Crippen molar-refractivity contribution in [3.63, 3.8) is 0 Å². The number of hydrogen-bond acceptors (Lipinski definition) is 6. The summed E-state index contributed by atoms with van der Waals surface area (Å²) in [4.78, 5) is 18.5. The number of nitrogens with zero attached hydrogens (tertiary/aromatic N) is 3. The number of hydrogen-bond donors (Lipinski definition) is 0. The fourth-order valence-corrected chi connectivity index (χ4v) is 3.67. The van der Waals surface area contributed by atoms with Gasteiger partial charge in [0.2, 0.25) is 17.6 Å². The van der Waals surface area contributed by atoms with Crippen LogP contribution < -0.4 is 14.4 Å². The number of carbonyl (C=O) groups excluding carboxylic acids is 1. The maximum atomic E-state index is 13.6. The number of amides is 1. The van der Waals surface area contributed by atoms with E-state index in [1.807, 2.05) is 13.0 Å². The lowest BCUT2D eigenvalue weighted by molar-refractivity contribution is -0.117. The van der Waals surface area contributed by atoms with E-state index in [-0.39, 0.29) is 24.8 Å². The molecular weight excluding hydrogens is 425 g/mol. The van der Waals surface area contributed by atoms with Gasteiger partial charge in [0, 0.05) is 18.5 Å². The molecule has 1 aliphatic heterocycles. The summed E-state index contributed by atoms with van der Waals surface area (Å²) in [6.45, 7) is 2.89. The van der Waals surface area contributed by atoms with Gasteiger partial charge < -0.3 is 18.9 Å². The van der Waals surface area contributed by atoms with E-state index >= 15 is 0 Å². The average Bonchev–Trinajstić information content (AvgIpc) is 3.41. The highest BCUT2D eigenvalue weighted by Gasteiger charge is 2.36. The quantitative estimate of drug-likeness (QED) is 0.517. The second-order valence-electron chi connectivity index (χ2n) is 7.17. The Balaban J connectivity index is 1.54. The Morgan fingerprint density at radius 2 is 2.10 bits per heavy atom. The van der Waals surface area contributed by atoms with E-state index in [2.05, 4.69) is 10.1 Å². The maximum absolute atomic E-state index is 13.6. The van der Waals surface area contributed by atoms with Crippen LogP contribution >= 0.6 is 11.6 Å². The van der Waals surface area contributed by atoms with Gasteiger partial charge in [-0.25, -0.2) is 4.39 Å². The van der Waals surface area contributed by atoms with Crippen molar-refractivity contribution in [2.75, 3.05) is 25.2 Å². The zero-order chi connectivity index (χ0) is 22.0. The van der Waals surface area contributed by atoms with Gasteiger partial charge in [-0.1, -0.05) is 23.7 Å². The number of methoxy groups -OCH3 is 1. The first-order valence-corrected chi connectivity index (χ1v) is 10.3. The van der Waals surface area contributed by atoms with Crippen LogP contribution in [0.2, 0.25) is 5.02 Å². The smallest absolute Gasteiger partial charge is 0.232 e. The number of ether oxygens (including phenoxy) is 2. The second-order valence-corrected chi connectivity index (χ2v) is 7.58. The van der Waals surface area contributed by atoms with E-state index in [9.17, 15) is 9.18 Å². The van der Waals surface area contributed by atoms with Crippen molar-refractivity contribution in [2.24, 2.45) is 0 Å². The number of anilines is 1. The van der Waals surface area contributed by atoms with E-state index in [1.165, 1.54) is 23.1 Å². The van der Waals surface area contributed by atoms with Gasteiger partial charge in [-0.15, -0.1) is 0 Å². The summed E-state index contributed by atoms with van der Waals surface area (Å²) in [5.74, 6) is 0.962. The fraction of sp³-hybridized carbons (Fsp3) is 0.318. The Morgan fingerprint density at radius 3 is 2.87 bits per heavy atom. The largest absolute Gasteiger partial charge is 0.493 e. The lowest BCUT2D eigenvalue weighted by Gasteiger charge is -2.17. The van der Waals surface area contributed by atoms with E-state index in [0.717, 1.165) is 6.42 Å². The highest BCUT2D eigenvalue weighted by molar-refractivity contribution is 6.33. The Hall–Kier alpha value is -3.13. The van der Waals surface area contributed by atoms with Crippen LogP contribution in [-0.4, -0.2) is 36.3 Å². The molecule has 1 aliphatic rings. The molecule has 1 atom stereocenters. The summed E-state index contributed by atoms with van der Waals surface area (Å²) in [6, 6.07) is 9.32. The molecule has 2 heterocycles. The zero-order valence-corrected chi connectivity index (χ0v) is 17.9. The highest BCUT2D eigenvalue weighted by atomic mass is 35.5. The molecule has 31 heavy (non-hydrogen) atoms. The fourth-order valence-electron chi connectivity index (χ4n) is 3.45. The summed E-state index contributed by atoms with van der Waals surface area (Å²) < 4.78 is 30.2. The van der Waals surface area contributed by atoms with Gasteiger partial charge in [-0.3, -0.25) is 4.79 Å². The molecular formula is C22H21ClFN3O4. The number of benzene rings is 2. The van der Waals surface area contributed by atoms with Crippen molar-refractivity contribution in [1.29, 1.82) is 0 Å². The molecule has 0 aliphatic carbocycles. The van der Waals surface area contributed by atoms with Crippen LogP contribution in [0, 0.1) is 5.82 Å². The molecule has 1 saturated heterocycles. The van der Waals surface area contributed by atoms with Gasteiger partial charge in [-0.05, 0) is 42.8 Å². The van der Waals surface area contributed by atoms with Crippen molar-refractivity contribution in [3.8, 4) is 22.9 Å². The number of aromatic nitrogens is 2. The molecule has 2 aromatic carbocycles. The van der Waals surface area contributed by atoms with Gasteiger partial charge >= 0.3 is 0 Å². The van der Waals surface area contributed by atoms with Crippen molar-refractivity contribution < 1.29 is 23.2 Å². The first kappa shape index (κ1) is 21.1. The van der Waals surface area contributed by atoms with Crippen molar-refractivity contribution in [3.05, 3.63) is 53.1 Å². The molecule has 0 N–H and O–H groups in total. The van der Waals surface area contributed by atoms with Gasteiger partial charge in [0.05, 0.1) is 30.3 Å². The standard InChI is InChI=1S/C22H21ClFN3O4/c1-3-8-30-18-7-4-13(9-19(18)29-2)21-25-22(31-26-21)14-10-20(28)27(12-14)17-11-15(24)5-6-16(17)23/h4-7,9,11,14H,3,8,10,12H2,1-2H3. The summed E-state index contributed by atoms with van der Waals surface area (Å²) in [5, 5.41) is 4.36. The van der Waals surface area contributed by atoms with Crippen molar-refractivity contribution in [1.82, 2.24) is 10.1 Å². The van der Waals surface area contributed by atoms with Crippen LogP contribution in [-0.2, 0) is 4.79 Å². The average molecular weight is 446 g/mol. The predicted molar refractivity (Wildman–Crippen MR) is 113 cm³/mol. The summed E-state index contributed by atoms with van der Waals surface area (Å²) >= 11 is 6.16. The molecule has 0 spiro atoms. The number of carbonyl (C=O) groups is 1. The van der Waals surface area contributed by atoms with Crippen molar-refractivity contribution >= 4 is 23.2 Å². The SMILES string of the molecule is CCCOc1ccc(-c2noc(C3CC(=O)N(c4cc(F)ccc4Cl)C3)n2)cc1OC. The molecule has 3 aromatic rings. The maximum Gasteiger partial charge on any atom is 0.232 e. The number of rotatable bonds is 7. The minimum Gasteiger partial charge on any atom is -0.493 e. The molecule has 1 fully saturated rings. The van der Waals surface area contributed by atoms with E-state index in [0.29, 0.717) is 46.1 Å². The minimum atomic E-state index is -0.462. The third kappa shape index (κ3) is 4.34.